The molecule has 1 aliphatic rings. The molecule has 0 radical (unpaired) electrons. The fraction of sp³-hybridized carbons (Fsp3) is 0.500. The van der Waals surface area contributed by atoms with E-state index in [1.807, 2.05) is 6.92 Å². The molecule has 0 bridgehead atoms. The number of aromatic nitrogens is 1. The van der Waals surface area contributed by atoms with Gasteiger partial charge in [0.15, 0.2) is 5.82 Å². The van der Waals surface area contributed by atoms with Crippen molar-refractivity contribution in [2.75, 3.05) is 5.32 Å². The molecule has 1 N–H and O–H groups in total. The number of nitrogens with one attached hydrogen (secondary N) is 1. The molecule has 0 aromatic carbocycles. The van der Waals surface area contributed by atoms with Crippen molar-refractivity contribution in [2.45, 2.75) is 38.9 Å². The van der Waals surface area contributed by atoms with E-state index in [4.69, 9.17) is 4.74 Å². The SMILES string of the molecule is Cc1cc(NC(=O)C2CCC(C)O2)c(F)cn1. The van der Waals surface area contributed by atoms with Gasteiger partial charge in [0.05, 0.1) is 18.0 Å². The summed E-state index contributed by atoms with van der Waals surface area (Å²) < 4.78 is 18.8. The topological polar surface area (TPSA) is 51.2 Å². The summed E-state index contributed by atoms with van der Waals surface area (Å²) in [6.45, 7) is 3.66. The molecule has 1 aromatic rings. The van der Waals surface area contributed by atoms with E-state index >= 15 is 0 Å². The minimum absolute atomic E-state index is 0.0924. The Morgan fingerprint density at radius 2 is 2.35 bits per heavy atom. The normalized spacial score (nSPS) is 23.7. The average Bonchev–Trinajstić information content (AvgIpc) is 2.70. The monoisotopic (exact) mass is 238 g/mol. The Morgan fingerprint density at radius 3 is 3.00 bits per heavy atom. The maximum absolute atomic E-state index is 13.4. The number of anilines is 1. The molecule has 2 atom stereocenters. The van der Waals surface area contributed by atoms with Crippen LogP contribution in [-0.2, 0) is 9.53 Å². The van der Waals surface area contributed by atoms with Gasteiger partial charge in [-0.2, -0.15) is 0 Å². The second-order valence-electron chi connectivity index (χ2n) is 4.31. The number of amides is 1. The smallest absolute Gasteiger partial charge is 0.253 e. The zero-order chi connectivity index (χ0) is 12.4. The third kappa shape index (κ3) is 2.79. The lowest BCUT2D eigenvalue weighted by Gasteiger charge is -2.12. The summed E-state index contributed by atoms with van der Waals surface area (Å²) in [6, 6.07) is 1.51. The van der Waals surface area contributed by atoms with Crippen molar-refractivity contribution in [1.29, 1.82) is 0 Å². The number of nitrogens with zero attached hydrogens (tertiary/aromatic N) is 1. The van der Waals surface area contributed by atoms with Gasteiger partial charge in [0.2, 0.25) is 0 Å². The molecule has 5 heteroatoms. The molecule has 1 aliphatic heterocycles. The Kier molecular flexibility index (Phi) is 3.38. The van der Waals surface area contributed by atoms with Gasteiger partial charge in [-0.1, -0.05) is 0 Å². The first-order valence-electron chi connectivity index (χ1n) is 5.64. The number of hydrogen-bond acceptors (Lipinski definition) is 3. The van der Waals surface area contributed by atoms with Gasteiger partial charge in [-0.3, -0.25) is 9.78 Å². The highest BCUT2D eigenvalue weighted by Crippen LogP contribution is 2.21. The molecule has 0 aliphatic carbocycles. The lowest BCUT2D eigenvalue weighted by atomic mass is 10.2. The predicted octanol–water partition coefficient (Wildman–Crippen LogP) is 2.04. The third-order valence-electron chi connectivity index (χ3n) is 2.77. The van der Waals surface area contributed by atoms with E-state index in [2.05, 4.69) is 10.3 Å². The molecule has 2 unspecified atom stereocenters. The minimum atomic E-state index is -0.532. The fourth-order valence-corrected chi connectivity index (χ4v) is 1.85. The Labute approximate surface area is 99.2 Å². The van der Waals surface area contributed by atoms with Crippen LogP contribution in [0.5, 0.6) is 0 Å². The molecule has 2 rings (SSSR count). The van der Waals surface area contributed by atoms with Crippen molar-refractivity contribution in [1.82, 2.24) is 4.98 Å². The van der Waals surface area contributed by atoms with E-state index in [0.717, 1.165) is 12.6 Å². The summed E-state index contributed by atoms with van der Waals surface area (Å²) in [6.07, 6.45) is 2.25. The number of ether oxygens (including phenoxy) is 1. The van der Waals surface area contributed by atoms with E-state index in [1.54, 1.807) is 6.92 Å². The van der Waals surface area contributed by atoms with Crippen molar-refractivity contribution in [3.8, 4) is 0 Å². The second-order valence-corrected chi connectivity index (χ2v) is 4.31. The molecule has 0 saturated carbocycles. The molecule has 92 valence electrons. The molecular weight excluding hydrogens is 223 g/mol. The van der Waals surface area contributed by atoms with Crippen LogP contribution in [0.25, 0.3) is 0 Å². The second kappa shape index (κ2) is 4.79. The first-order chi connectivity index (χ1) is 8.06. The Morgan fingerprint density at radius 1 is 1.59 bits per heavy atom. The van der Waals surface area contributed by atoms with Crippen LogP contribution in [0.1, 0.15) is 25.5 Å². The first-order valence-corrected chi connectivity index (χ1v) is 5.64. The van der Waals surface area contributed by atoms with Crippen LogP contribution in [-0.4, -0.2) is 23.1 Å². The summed E-state index contributed by atoms with van der Waals surface area (Å²) in [7, 11) is 0. The molecule has 0 spiro atoms. The standard InChI is InChI=1S/C12H15FN2O2/c1-7-5-10(9(13)6-14-7)15-12(16)11-4-3-8(2)17-11/h5-6,8,11H,3-4H2,1-2H3,(H,14,15,16). The molecule has 1 amide bonds. The van der Waals surface area contributed by atoms with Gasteiger partial charge in [-0.15, -0.1) is 0 Å². The molecular formula is C12H15FN2O2. The number of hydrogen-bond donors (Lipinski definition) is 1. The molecule has 1 saturated heterocycles. The Hall–Kier alpha value is -1.49. The highest BCUT2D eigenvalue weighted by atomic mass is 19.1. The van der Waals surface area contributed by atoms with Crippen molar-refractivity contribution >= 4 is 11.6 Å². The van der Waals surface area contributed by atoms with E-state index in [9.17, 15) is 9.18 Å². The van der Waals surface area contributed by atoms with E-state index in [1.165, 1.54) is 6.07 Å². The molecule has 1 fully saturated rings. The quantitative estimate of drug-likeness (QED) is 0.857. The van der Waals surface area contributed by atoms with Crippen LogP contribution in [0, 0.1) is 12.7 Å². The maximum Gasteiger partial charge on any atom is 0.253 e. The highest BCUT2D eigenvalue weighted by molar-refractivity contribution is 5.94. The van der Waals surface area contributed by atoms with Gasteiger partial charge in [0.1, 0.15) is 6.10 Å². The van der Waals surface area contributed by atoms with Crippen molar-refractivity contribution < 1.29 is 13.9 Å². The Bertz CT molecular complexity index is 437. The Balaban J connectivity index is 2.05. The lowest BCUT2D eigenvalue weighted by molar-refractivity contribution is -0.126. The van der Waals surface area contributed by atoms with Crippen LogP contribution in [0.2, 0.25) is 0 Å². The van der Waals surface area contributed by atoms with Crippen molar-refractivity contribution in [3.05, 3.63) is 23.8 Å². The molecule has 2 heterocycles. The average molecular weight is 238 g/mol. The van der Waals surface area contributed by atoms with Crippen LogP contribution >= 0.6 is 0 Å². The van der Waals surface area contributed by atoms with Gasteiger partial charge < -0.3 is 10.1 Å². The van der Waals surface area contributed by atoms with Gasteiger partial charge in [-0.05, 0) is 32.8 Å². The summed E-state index contributed by atoms with van der Waals surface area (Å²) in [5, 5.41) is 2.53. The van der Waals surface area contributed by atoms with Gasteiger partial charge in [-0.25, -0.2) is 4.39 Å². The number of carbonyl (C=O) groups excluding carboxylic acids is 1. The van der Waals surface area contributed by atoms with E-state index in [-0.39, 0.29) is 17.7 Å². The van der Waals surface area contributed by atoms with Gasteiger partial charge >= 0.3 is 0 Å². The zero-order valence-corrected chi connectivity index (χ0v) is 9.87. The van der Waals surface area contributed by atoms with Crippen LogP contribution in [0.15, 0.2) is 12.3 Å². The molecule has 17 heavy (non-hydrogen) atoms. The summed E-state index contributed by atoms with van der Waals surface area (Å²) >= 11 is 0. The molecule has 1 aromatic heterocycles. The van der Waals surface area contributed by atoms with Crippen LogP contribution in [0.3, 0.4) is 0 Å². The number of carbonyl (C=O) groups is 1. The molecule has 4 nitrogen and oxygen atoms in total. The zero-order valence-electron chi connectivity index (χ0n) is 9.87. The number of aryl methyl sites for hydroxylation is 1. The summed E-state index contributed by atoms with van der Waals surface area (Å²) in [5.74, 6) is -0.825. The predicted molar refractivity (Wildman–Crippen MR) is 61.1 cm³/mol. The lowest BCUT2D eigenvalue weighted by Crippen LogP contribution is -2.28. The van der Waals surface area contributed by atoms with Crippen LogP contribution < -0.4 is 5.32 Å². The van der Waals surface area contributed by atoms with E-state index in [0.29, 0.717) is 12.1 Å². The summed E-state index contributed by atoms with van der Waals surface area (Å²) in [4.78, 5) is 15.6. The van der Waals surface area contributed by atoms with E-state index < -0.39 is 11.9 Å². The fourth-order valence-electron chi connectivity index (χ4n) is 1.85. The number of halogens is 1. The van der Waals surface area contributed by atoms with Crippen molar-refractivity contribution in [2.24, 2.45) is 0 Å². The minimum Gasteiger partial charge on any atom is -0.365 e. The van der Waals surface area contributed by atoms with Crippen molar-refractivity contribution in [3.63, 3.8) is 0 Å². The summed E-state index contributed by atoms with van der Waals surface area (Å²) in [5.41, 5.74) is 0.813. The van der Waals surface area contributed by atoms with Gasteiger partial charge in [0, 0.05) is 5.69 Å². The third-order valence-corrected chi connectivity index (χ3v) is 2.77. The van der Waals surface area contributed by atoms with Gasteiger partial charge in [0.25, 0.3) is 5.91 Å². The number of pyridine rings is 1. The highest BCUT2D eigenvalue weighted by Gasteiger charge is 2.28. The largest absolute Gasteiger partial charge is 0.365 e. The van der Waals surface area contributed by atoms with Crippen LogP contribution in [0.4, 0.5) is 10.1 Å². The maximum atomic E-state index is 13.4. The number of rotatable bonds is 2. The first kappa shape index (κ1) is 12.0.